The monoisotopic (exact) mass is 187 g/mol. The largest absolute Gasteiger partial charge is 0.476 e. The first-order valence-corrected chi connectivity index (χ1v) is 4.73. The zero-order valence-corrected chi connectivity index (χ0v) is 8.69. The smallest absolute Gasteiger partial charge is 0.212 e. The molecule has 0 aromatic heterocycles. The van der Waals surface area contributed by atoms with Crippen LogP contribution in [0.25, 0.3) is 0 Å². The normalized spacial score (nSPS) is 23.2. The fourth-order valence-corrected chi connectivity index (χ4v) is 1.35. The minimum Gasteiger partial charge on any atom is -0.476 e. The Morgan fingerprint density at radius 2 is 1.93 bits per heavy atom. The van der Waals surface area contributed by atoms with Gasteiger partial charge in [-0.1, -0.05) is 20.8 Å². The van der Waals surface area contributed by atoms with Crippen LogP contribution < -0.4 is 5.32 Å². The Morgan fingerprint density at radius 3 is 2.43 bits per heavy atom. The molecule has 2 nitrogen and oxygen atoms in total. The fraction of sp³-hybridized carbons (Fsp3) is 0.500. The molecule has 0 unspecified atom stereocenters. The molecule has 0 bridgehead atoms. The summed E-state index contributed by atoms with van der Waals surface area (Å²) in [5.74, 6) is 12.0. The Bertz CT molecular complexity index is 382. The molecule has 1 N–H and O–H groups in total. The van der Waals surface area contributed by atoms with E-state index in [4.69, 9.17) is 4.74 Å². The Hall–Kier alpha value is -1.54. The third kappa shape index (κ3) is 1.56. The van der Waals surface area contributed by atoms with Crippen LogP contribution in [0.5, 0.6) is 0 Å². The van der Waals surface area contributed by atoms with Gasteiger partial charge in [-0.15, -0.1) is 0 Å². The van der Waals surface area contributed by atoms with E-state index in [1.165, 1.54) is 0 Å². The number of hydrogen-bond donors (Lipinski definition) is 1. The van der Waals surface area contributed by atoms with Gasteiger partial charge in [-0.25, -0.2) is 0 Å². The molecule has 0 aromatic carbocycles. The Kier molecular flexibility index (Phi) is 1.93. The molecule has 1 aliphatic carbocycles. The van der Waals surface area contributed by atoms with Gasteiger partial charge >= 0.3 is 0 Å². The predicted molar refractivity (Wildman–Crippen MR) is 54.9 cm³/mol. The molecule has 1 fully saturated rings. The second-order valence-corrected chi connectivity index (χ2v) is 4.58. The third-order valence-electron chi connectivity index (χ3n) is 2.41. The van der Waals surface area contributed by atoms with Gasteiger partial charge in [0.1, 0.15) is 12.2 Å². The lowest BCUT2D eigenvalue weighted by Gasteiger charge is -2.24. The van der Waals surface area contributed by atoms with Crippen LogP contribution in [0.4, 0.5) is 0 Å². The molecule has 2 aliphatic rings. The number of rotatable bonds is 0. The van der Waals surface area contributed by atoms with E-state index in [2.05, 4.69) is 49.8 Å². The van der Waals surface area contributed by atoms with Crippen molar-refractivity contribution in [1.82, 2.24) is 5.32 Å². The van der Waals surface area contributed by atoms with Crippen LogP contribution in [0.1, 0.15) is 20.8 Å². The highest BCUT2D eigenvalue weighted by molar-refractivity contribution is 5.57. The van der Waals surface area contributed by atoms with Gasteiger partial charge in [0.2, 0.25) is 5.88 Å². The summed E-state index contributed by atoms with van der Waals surface area (Å²) in [6, 6.07) is 0.342. The molecule has 1 heterocycles. The minimum atomic E-state index is 0.196. The van der Waals surface area contributed by atoms with Gasteiger partial charge in [0.05, 0.1) is 6.04 Å². The molecule has 0 aromatic rings. The van der Waals surface area contributed by atoms with Crippen molar-refractivity contribution >= 4 is 0 Å². The zero-order valence-electron chi connectivity index (χ0n) is 8.69. The lowest BCUT2D eigenvalue weighted by atomic mass is 9.88. The fourth-order valence-electron chi connectivity index (χ4n) is 1.35. The molecular weight excluding hydrogens is 174 g/mol. The summed E-state index contributed by atoms with van der Waals surface area (Å²) >= 11 is 0. The van der Waals surface area contributed by atoms with Crippen LogP contribution in [0.15, 0.2) is 11.5 Å². The highest BCUT2D eigenvalue weighted by atomic mass is 16.5. The molecule has 1 atom stereocenters. The van der Waals surface area contributed by atoms with Crippen molar-refractivity contribution in [2.45, 2.75) is 26.8 Å². The zero-order chi connectivity index (χ0) is 10.2. The molecule has 2 rings (SSSR count). The standard InChI is InChI=1S/C12H13NO/c1-12(2,3)10-8-14-11(13-10)9-6-4-5-7-9/h10,13H,8H2,1-3H3/t10-/m1/s1. The Morgan fingerprint density at radius 1 is 1.29 bits per heavy atom. The van der Waals surface area contributed by atoms with Crippen molar-refractivity contribution in [3.63, 3.8) is 0 Å². The first kappa shape index (κ1) is 9.03. The van der Waals surface area contributed by atoms with Gasteiger partial charge in [0, 0.05) is 0 Å². The van der Waals surface area contributed by atoms with Gasteiger partial charge in [0.25, 0.3) is 0 Å². The number of ether oxygens (including phenoxy) is 1. The maximum Gasteiger partial charge on any atom is 0.212 e. The molecule has 1 aliphatic heterocycles. The van der Waals surface area contributed by atoms with E-state index in [1.54, 1.807) is 0 Å². The number of allylic oxidation sites excluding steroid dienone is 1. The van der Waals surface area contributed by atoms with E-state index >= 15 is 0 Å². The highest BCUT2D eigenvalue weighted by Crippen LogP contribution is 2.25. The second kappa shape index (κ2) is 3.00. The lowest BCUT2D eigenvalue weighted by molar-refractivity contribution is 0.214. The van der Waals surface area contributed by atoms with E-state index < -0.39 is 0 Å². The SMILES string of the molecule is CC(C)(C)[C@H]1COC(=C2C#CC#C2)N1. The first-order chi connectivity index (χ1) is 6.57. The molecule has 0 spiro atoms. The van der Waals surface area contributed by atoms with Crippen LogP contribution in [-0.2, 0) is 4.74 Å². The maximum atomic E-state index is 5.54. The van der Waals surface area contributed by atoms with Crippen LogP contribution in [0, 0.1) is 29.1 Å². The van der Waals surface area contributed by atoms with Gasteiger partial charge in [0.15, 0.2) is 0 Å². The summed E-state index contributed by atoms with van der Waals surface area (Å²) in [6.45, 7) is 7.26. The molecule has 2 heteroatoms. The molecule has 0 amide bonds. The average molecular weight is 187 g/mol. The van der Waals surface area contributed by atoms with E-state index in [0.29, 0.717) is 12.6 Å². The van der Waals surface area contributed by atoms with Crippen molar-refractivity contribution in [2.75, 3.05) is 6.61 Å². The molecule has 1 saturated heterocycles. The van der Waals surface area contributed by atoms with Gasteiger partial charge in [-0.2, -0.15) is 0 Å². The summed E-state index contributed by atoms with van der Waals surface area (Å²) in [5.41, 5.74) is 0.985. The van der Waals surface area contributed by atoms with Crippen LogP contribution in [0.2, 0.25) is 0 Å². The highest BCUT2D eigenvalue weighted by Gasteiger charge is 2.32. The van der Waals surface area contributed by atoms with Crippen molar-refractivity contribution in [2.24, 2.45) is 5.41 Å². The summed E-state index contributed by atoms with van der Waals surface area (Å²) in [5, 5.41) is 3.33. The molecular formula is C12H13NO. The summed E-state index contributed by atoms with van der Waals surface area (Å²) in [7, 11) is 0. The van der Waals surface area contributed by atoms with E-state index in [9.17, 15) is 0 Å². The van der Waals surface area contributed by atoms with Gasteiger partial charge in [-0.3, -0.25) is 0 Å². The van der Waals surface area contributed by atoms with Crippen LogP contribution >= 0.6 is 0 Å². The maximum absolute atomic E-state index is 5.54. The van der Waals surface area contributed by atoms with Gasteiger partial charge in [-0.05, 0) is 29.1 Å². The topological polar surface area (TPSA) is 21.3 Å². The molecule has 72 valence electrons. The third-order valence-corrected chi connectivity index (χ3v) is 2.41. The molecule has 14 heavy (non-hydrogen) atoms. The molecule has 0 saturated carbocycles. The summed E-state index contributed by atoms with van der Waals surface area (Å²) in [6.07, 6.45) is 0. The minimum absolute atomic E-state index is 0.196. The first-order valence-electron chi connectivity index (χ1n) is 4.73. The predicted octanol–water partition coefficient (Wildman–Crippen LogP) is 1.25. The van der Waals surface area contributed by atoms with Crippen molar-refractivity contribution in [1.29, 1.82) is 0 Å². The Labute approximate surface area is 84.7 Å². The van der Waals surface area contributed by atoms with Crippen LogP contribution in [0.3, 0.4) is 0 Å². The second-order valence-electron chi connectivity index (χ2n) is 4.58. The Balaban J connectivity index is 2.15. The number of hydrogen-bond acceptors (Lipinski definition) is 2. The van der Waals surface area contributed by atoms with Crippen molar-refractivity contribution in [3.05, 3.63) is 11.5 Å². The summed E-state index contributed by atoms with van der Waals surface area (Å²) < 4.78 is 5.54. The number of nitrogens with one attached hydrogen (secondary N) is 1. The van der Waals surface area contributed by atoms with Gasteiger partial charge < -0.3 is 10.1 Å². The van der Waals surface area contributed by atoms with E-state index in [0.717, 1.165) is 11.5 Å². The van der Waals surface area contributed by atoms with Crippen LogP contribution in [-0.4, -0.2) is 12.6 Å². The lowest BCUT2D eigenvalue weighted by Crippen LogP contribution is -2.36. The van der Waals surface area contributed by atoms with Crippen molar-refractivity contribution in [3.8, 4) is 23.7 Å². The average Bonchev–Trinajstić information content (AvgIpc) is 2.73. The molecule has 0 radical (unpaired) electrons. The van der Waals surface area contributed by atoms with E-state index in [1.807, 2.05) is 0 Å². The van der Waals surface area contributed by atoms with E-state index in [-0.39, 0.29) is 5.41 Å². The summed E-state index contributed by atoms with van der Waals surface area (Å²) in [4.78, 5) is 0. The quantitative estimate of drug-likeness (QED) is 0.576. The van der Waals surface area contributed by atoms with Crippen molar-refractivity contribution < 1.29 is 4.74 Å².